The van der Waals surface area contributed by atoms with E-state index in [1.165, 1.54) is 0 Å². The Morgan fingerprint density at radius 3 is 2.26 bits per heavy atom. The summed E-state index contributed by atoms with van der Waals surface area (Å²) in [5.74, 6) is -0.133. The van der Waals surface area contributed by atoms with Gasteiger partial charge in [0.15, 0.2) is 0 Å². The Morgan fingerprint density at radius 1 is 1.00 bits per heavy atom. The van der Waals surface area contributed by atoms with Gasteiger partial charge in [-0.15, -0.1) is 0 Å². The van der Waals surface area contributed by atoms with Gasteiger partial charge in [-0.3, -0.25) is 9.36 Å². The van der Waals surface area contributed by atoms with Crippen molar-refractivity contribution in [2.75, 3.05) is 0 Å². The molecule has 1 amide bonds. The van der Waals surface area contributed by atoms with Crippen molar-refractivity contribution in [1.29, 1.82) is 0 Å². The number of primary amides is 1. The van der Waals surface area contributed by atoms with Crippen LogP contribution in [-0.4, -0.2) is 15.5 Å². The van der Waals surface area contributed by atoms with Crippen molar-refractivity contribution in [1.82, 2.24) is 9.55 Å². The van der Waals surface area contributed by atoms with E-state index in [4.69, 9.17) is 40.5 Å². The number of hydrogen-bond acceptors (Lipinski definition) is 2. The fraction of sp³-hybridized carbons (Fsp3) is 0. The second kappa shape index (κ2) is 6.24. The quantitative estimate of drug-likeness (QED) is 0.736. The maximum atomic E-state index is 11.5. The van der Waals surface area contributed by atoms with E-state index >= 15 is 0 Å². The number of carbonyl (C=O) groups is 1. The summed E-state index contributed by atoms with van der Waals surface area (Å²) in [7, 11) is 0. The predicted molar refractivity (Wildman–Crippen MR) is 92.5 cm³/mol. The Kier molecular flexibility index (Phi) is 4.31. The predicted octanol–water partition coefficient (Wildman–Crippen LogP) is 4.60. The minimum Gasteiger partial charge on any atom is -0.364 e. The van der Waals surface area contributed by atoms with E-state index in [1.807, 2.05) is 12.1 Å². The molecule has 1 heterocycles. The van der Waals surface area contributed by atoms with Crippen molar-refractivity contribution < 1.29 is 4.79 Å². The zero-order chi connectivity index (χ0) is 16.6. The maximum absolute atomic E-state index is 11.5. The fourth-order valence-electron chi connectivity index (χ4n) is 2.16. The molecule has 116 valence electrons. The van der Waals surface area contributed by atoms with Crippen LogP contribution in [0.15, 0.2) is 48.7 Å². The average molecular weight is 367 g/mol. The first kappa shape index (κ1) is 15.9. The number of nitrogens with two attached hydrogens (primary N) is 1. The fourth-order valence-corrected chi connectivity index (χ4v) is 2.78. The largest absolute Gasteiger partial charge is 0.364 e. The van der Waals surface area contributed by atoms with Crippen LogP contribution in [-0.2, 0) is 0 Å². The molecule has 3 rings (SSSR count). The molecule has 0 spiro atoms. The molecule has 0 bridgehead atoms. The number of imidazole rings is 1. The highest BCUT2D eigenvalue weighted by Crippen LogP contribution is 2.31. The molecule has 0 unspecified atom stereocenters. The Hall–Kier alpha value is -2.01. The molecule has 3 aromatic rings. The smallest absolute Gasteiger partial charge is 0.268 e. The lowest BCUT2D eigenvalue weighted by atomic mass is 10.2. The van der Waals surface area contributed by atoms with Crippen LogP contribution in [0.2, 0.25) is 15.1 Å². The van der Waals surface area contributed by atoms with Gasteiger partial charge in [-0.25, -0.2) is 4.98 Å². The molecule has 0 aliphatic heterocycles. The molecule has 0 atom stereocenters. The molecule has 0 aliphatic carbocycles. The average Bonchev–Trinajstić information content (AvgIpc) is 2.93. The first-order chi connectivity index (χ1) is 11.0. The zero-order valence-electron chi connectivity index (χ0n) is 11.6. The highest BCUT2D eigenvalue weighted by Gasteiger charge is 2.17. The third kappa shape index (κ3) is 3.20. The van der Waals surface area contributed by atoms with Crippen molar-refractivity contribution in [2.24, 2.45) is 5.73 Å². The monoisotopic (exact) mass is 365 g/mol. The van der Waals surface area contributed by atoms with E-state index in [0.29, 0.717) is 26.5 Å². The molecule has 1 aromatic heterocycles. The third-order valence-electron chi connectivity index (χ3n) is 3.24. The lowest BCUT2D eigenvalue weighted by Gasteiger charge is -2.09. The lowest BCUT2D eigenvalue weighted by Crippen LogP contribution is -2.11. The van der Waals surface area contributed by atoms with Crippen molar-refractivity contribution in [3.63, 3.8) is 0 Å². The van der Waals surface area contributed by atoms with Crippen LogP contribution in [0, 0.1) is 0 Å². The topological polar surface area (TPSA) is 60.9 Å². The first-order valence-corrected chi connectivity index (χ1v) is 7.69. The van der Waals surface area contributed by atoms with Crippen LogP contribution < -0.4 is 5.73 Å². The van der Waals surface area contributed by atoms with Crippen molar-refractivity contribution in [3.05, 3.63) is 69.4 Å². The van der Waals surface area contributed by atoms with Crippen LogP contribution in [0.25, 0.3) is 17.1 Å². The molecule has 0 saturated heterocycles. The number of halogens is 3. The first-order valence-electron chi connectivity index (χ1n) is 6.56. The van der Waals surface area contributed by atoms with Crippen LogP contribution in [0.3, 0.4) is 0 Å². The van der Waals surface area contributed by atoms with Gasteiger partial charge in [-0.2, -0.15) is 0 Å². The van der Waals surface area contributed by atoms with Crippen LogP contribution in [0.4, 0.5) is 0 Å². The second-order valence-electron chi connectivity index (χ2n) is 4.78. The highest BCUT2D eigenvalue weighted by atomic mass is 35.5. The van der Waals surface area contributed by atoms with Gasteiger partial charge < -0.3 is 5.73 Å². The minimum absolute atomic E-state index is 0.140. The number of rotatable bonds is 3. The Balaban J connectivity index is 2.22. The summed E-state index contributed by atoms with van der Waals surface area (Å²) in [6, 6.07) is 12.2. The van der Waals surface area contributed by atoms with Gasteiger partial charge >= 0.3 is 0 Å². The second-order valence-corrected chi connectivity index (χ2v) is 6.06. The van der Waals surface area contributed by atoms with E-state index in [-0.39, 0.29) is 5.69 Å². The number of hydrogen-bond donors (Lipinski definition) is 1. The SMILES string of the molecule is NC(=O)c1cn(-c2ccc(Cl)cc2)c(-c2ccc(Cl)cc2Cl)n1. The summed E-state index contributed by atoms with van der Waals surface area (Å²) in [6.45, 7) is 0. The molecule has 0 radical (unpaired) electrons. The molecule has 7 heteroatoms. The standard InChI is InChI=1S/C16H10Cl3N3O/c17-9-1-4-11(5-2-9)22-8-14(15(20)23)21-16(22)12-6-3-10(18)7-13(12)19/h1-8H,(H2,20,23). The molecule has 23 heavy (non-hydrogen) atoms. The highest BCUT2D eigenvalue weighted by molar-refractivity contribution is 6.36. The maximum Gasteiger partial charge on any atom is 0.268 e. The number of aromatic nitrogens is 2. The Morgan fingerprint density at radius 2 is 1.65 bits per heavy atom. The summed E-state index contributed by atoms with van der Waals surface area (Å²) in [6.07, 6.45) is 1.56. The summed E-state index contributed by atoms with van der Waals surface area (Å²) < 4.78 is 1.73. The molecule has 4 nitrogen and oxygen atoms in total. The van der Waals surface area contributed by atoms with Crippen LogP contribution in [0.1, 0.15) is 10.5 Å². The molecular weight excluding hydrogens is 357 g/mol. The lowest BCUT2D eigenvalue weighted by molar-refractivity contribution is 0.0996. The molecular formula is C16H10Cl3N3O. The third-order valence-corrected chi connectivity index (χ3v) is 4.03. The summed E-state index contributed by atoms with van der Waals surface area (Å²) in [4.78, 5) is 15.8. The summed E-state index contributed by atoms with van der Waals surface area (Å²) in [5, 5.41) is 1.54. The minimum atomic E-state index is -0.621. The molecule has 2 aromatic carbocycles. The number of nitrogens with zero attached hydrogens (tertiary/aromatic N) is 2. The van der Waals surface area contributed by atoms with Gasteiger partial charge in [0.1, 0.15) is 11.5 Å². The molecule has 0 saturated carbocycles. The zero-order valence-corrected chi connectivity index (χ0v) is 13.9. The van der Waals surface area contributed by atoms with E-state index in [2.05, 4.69) is 4.98 Å². The van der Waals surface area contributed by atoms with E-state index in [1.54, 1.807) is 41.1 Å². The van der Waals surface area contributed by atoms with E-state index in [9.17, 15) is 4.79 Å². The van der Waals surface area contributed by atoms with Crippen molar-refractivity contribution >= 4 is 40.7 Å². The van der Waals surface area contributed by atoms with Gasteiger partial charge in [0.05, 0.1) is 5.02 Å². The summed E-state index contributed by atoms with van der Waals surface area (Å²) >= 11 is 18.1. The molecule has 2 N–H and O–H groups in total. The summed E-state index contributed by atoms with van der Waals surface area (Å²) in [5.41, 5.74) is 6.90. The van der Waals surface area contributed by atoms with Crippen LogP contribution in [0.5, 0.6) is 0 Å². The Bertz CT molecular complexity index is 888. The van der Waals surface area contributed by atoms with Crippen LogP contribution >= 0.6 is 34.8 Å². The van der Waals surface area contributed by atoms with Crippen molar-refractivity contribution in [3.8, 4) is 17.1 Å². The van der Waals surface area contributed by atoms with Gasteiger partial charge in [0.2, 0.25) is 0 Å². The van der Waals surface area contributed by atoms with Crippen molar-refractivity contribution in [2.45, 2.75) is 0 Å². The van der Waals surface area contributed by atoms with Gasteiger partial charge in [-0.05, 0) is 42.5 Å². The van der Waals surface area contributed by atoms with Gasteiger partial charge in [0, 0.05) is 27.5 Å². The van der Waals surface area contributed by atoms with Gasteiger partial charge in [0.25, 0.3) is 5.91 Å². The Labute approximate surface area is 147 Å². The number of benzene rings is 2. The number of carbonyl (C=O) groups excluding carboxylic acids is 1. The number of amides is 1. The van der Waals surface area contributed by atoms with Gasteiger partial charge in [-0.1, -0.05) is 34.8 Å². The molecule has 0 aliphatic rings. The molecule has 0 fully saturated rings. The van der Waals surface area contributed by atoms with E-state index < -0.39 is 5.91 Å². The van der Waals surface area contributed by atoms with E-state index in [0.717, 1.165) is 5.69 Å². The normalized spacial score (nSPS) is 10.7.